The smallest absolute Gasteiger partial charge is 0.373 e. The molecule has 1 saturated heterocycles. The van der Waals surface area contributed by atoms with Gasteiger partial charge in [-0.15, -0.1) is 0 Å². The van der Waals surface area contributed by atoms with Gasteiger partial charge in [0.05, 0.1) is 31.1 Å². The fourth-order valence-electron chi connectivity index (χ4n) is 3.49. The molecule has 4 heterocycles. The predicted molar refractivity (Wildman–Crippen MR) is 90.8 cm³/mol. The zero-order valence-electron chi connectivity index (χ0n) is 14.7. The first-order chi connectivity index (χ1) is 13.0. The summed E-state index contributed by atoms with van der Waals surface area (Å²) >= 11 is 0. The number of hydrogen-bond acceptors (Lipinski definition) is 6. The van der Waals surface area contributed by atoms with Gasteiger partial charge in [-0.3, -0.25) is 9.58 Å². The number of nitrogens with zero attached hydrogens (tertiary/aromatic N) is 5. The van der Waals surface area contributed by atoms with Crippen molar-refractivity contribution in [2.24, 2.45) is 0 Å². The summed E-state index contributed by atoms with van der Waals surface area (Å²) in [5.41, 5.74) is 1.22. The largest absolute Gasteiger partial charge is 0.433 e. The fourth-order valence-corrected chi connectivity index (χ4v) is 3.49. The van der Waals surface area contributed by atoms with E-state index in [1.165, 1.54) is 0 Å². The van der Waals surface area contributed by atoms with Gasteiger partial charge in [-0.05, 0) is 18.9 Å². The number of rotatable bonds is 4. The van der Waals surface area contributed by atoms with Crippen molar-refractivity contribution in [1.29, 1.82) is 0 Å². The maximum absolute atomic E-state index is 12.7. The topological polar surface area (TPSA) is 68.1 Å². The molecule has 146 valence electrons. The van der Waals surface area contributed by atoms with E-state index in [4.69, 9.17) is 4.74 Å². The summed E-state index contributed by atoms with van der Waals surface area (Å²) in [6.45, 7) is 4.59. The predicted octanol–water partition coefficient (Wildman–Crippen LogP) is 2.30. The second-order valence-corrected chi connectivity index (χ2v) is 6.88. The first-order valence-electron chi connectivity index (χ1n) is 8.99. The minimum absolute atomic E-state index is 0.0980. The molecule has 27 heavy (non-hydrogen) atoms. The standard InChI is InChI=1S/C17H21F3N6O/c18-17(19,20)15-8-16(22-11-21-15)23-12-1-3-25(4-2-12)9-13-7-14-10-27-6-5-26(14)24-13/h7-8,11-12H,1-6,9-10H2,(H,21,22,23). The van der Waals surface area contributed by atoms with Gasteiger partial charge in [0.25, 0.3) is 0 Å². The van der Waals surface area contributed by atoms with E-state index in [-0.39, 0.29) is 11.9 Å². The lowest BCUT2D eigenvalue weighted by Gasteiger charge is -2.32. The van der Waals surface area contributed by atoms with Crippen LogP contribution in [-0.4, -0.2) is 50.4 Å². The van der Waals surface area contributed by atoms with Crippen LogP contribution in [0.2, 0.25) is 0 Å². The summed E-state index contributed by atoms with van der Waals surface area (Å²) in [6.07, 6.45) is -1.84. The Hall–Kier alpha value is -2.20. The number of aromatic nitrogens is 4. The van der Waals surface area contributed by atoms with Gasteiger partial charge in [0.15, 0.2) is 0 Å². The highest BCUT2D eigenvalue weighted by molar-refractivity contribution is 5.36. The summed E-state index contributed by atoms with van der Waals surface area (Å²) in [6, 6.07) is 3.15. The number of alkyl halides is 3. The number of nitrogens with one attached hydrogen (secondary N) is 1. The molecule has 0 aromatic carbocycles. The van der Waals surface area contributed by atoms with E-state index >= 15 is 0 Å². The lowest BCUT2D eigenvalue weighted by molar-refractivity contribution is -0.141. The Labute approximate surface area is 154 Å². The molecule has 0 unspecified atom stereocenters. The van der Waals surface area contributed by atoms with Crippen molar-refractivity contribution in [2.45, 2.75) is 44.8 Å². The molecular weight excluding hydrogens is 361 g/mol. The Morgan fingerprint density at radius 2 is 1.96 bits per heavy atom. The minimum atomic E-state index is -4.46. The maximum Gasteiger partial charge on any atom is 0.433 e. The van der Waals surface area contributed by atoms with Crippen LogP contribution in [-0.2, 0) is 30.6 Å². The summed E-state index contributed by atoms with van der Waals surface area (Å²) in [4.78, 5) is 9.51. The molecule has 0 radical (unpaired) electrons. The van der Waals surface area contributed by atoms with Crippen molar-refractivity contribution in [3.05, 3.63) is 35.5 Å². The average molecular weight is 382 g/mol. The monoisotopic (exact) mass is 382 g/mol. The summed E-state index contributed by atoms with van der Waals surface area (Å²) in [5.74, 6) is 0.220. The molecule has 10 heteroatoms. The summed E-state index contributed by atoms with van der Waals surface area (Å²) in [7, 11) is 0. The van der Waals surface area contributed by atoms with Crippen molar-refractivity contribution in [3.8, 4) is 0 Å². The Bertz CT molecular complexity index is 762. The molecule has 0 aliphatic carbocycles. The van der Waals surface area contributed by atoms with Gasteiger partial charge in [0, 0.05) is 31.7 Å². The van der Waals surface area contributed by atoms with Crippen molar-refractivity contribution in [1.82, 2.24) is 24.6 Å². The Morgan fingerprint density at radius 1 is 1.15 bits per heavy atom. The van der Waals surface area contributed by atoms with Crippen molar-refractivity contribution in [2.75, 3.05) is 25.0 Å². The van der Waals surface area contributed by atoms with E-state index in [0.29, 0.717) is 13.2 Å². The number of anilines is 1. The lowest BCUT2D eigenvalue weighted by Crippen LogP contribution is -2.39. The summed E-state index contributed by atoms with van der Waals surface area (Å²) < 4.78 is 45.7. The van der Waals surface area contributed by atoms with Crippen LogP contribution >= 0.6 is 0 Å². The van der Waals surface area contributed by atoms with Gasteiger partial charge < -0.3 is 10.1 Å². The van der Waals surface area contributed by atoms with E-state index in [9.17, 15) is 13.2 Å². The first kappa shape index (κ1) is 18.2. The van der Waals surface area contributed by atoms with Crippen LogP contribution in [0.4, 0.5) is 19.0 Å². The highest BCUT2D eigenvalue weighted by Crippen LogP contribution is 2.28. The zero-order chi connectivity index (χ0) is 18.9. The van der Waals surface area contributed by atoms with Crippen LogP contribution in [0.5, 0.6) is 0 Å². The molecule has 2 aliphatic rings. The number of halogens is 3. The number of hydrogen-bond donors (Lipinski definition) is 1. The molecular formula is C17H21F3N6O. The number of ether oxygens (including phenoxy) is 1. The second-order valence-electron chi connectivity index (χ2n) is 6.88. The molecule has 0 amide bonds. The van der Waals surface area contributed by atoms with E-state index in [1.807, 2.05) is 4.68 Å². The molecule has 4 rings (SSSR count). The van der Waals surface area contributed by atoms with E-state index < -0.39 is 11.9 Å². The van der Waals surface area contributed by atoms with Gasteiger partial charge in [-0.1, -0.05) is 0 Å². The lowest BCUT2D eigenvalue weighted by atomic mass is 10.0. The minimum Gasteiger partial charge on any atom is -0.373 e. The Kier molecular flexibility index (Phi) is 5.00. The number of piperidine rings is 1. The van der Waals surface area contributed by atoms with E-state index in [1.54, 1.807) is 0 Å². The first-order valence-corrected chi connectivity index (χ1v) is 8.99. The van der Waals surface area contributed by atoms with Gasteiger partial charge in [0.1, 0.15) is 17.8 Å². The Balaban J connectivity index is 1.30. The molecule has 0 spiro atoms. The van der Waals surface area contributed by atoms with Gasteiger partial charge in [0.2, 0.25) is 0 Å². The SMILES string of the molecule is FC(F)(F)c1cc(NC2CCN(Cc3cc4n(n3)CCOC4)CC2)ncn1. The van der Waals surface area contributed by atoms with Crippen LogP contribution < -0.4 is 5.32 Å². The van der Waals surface area contributed by atoms with Crippen molar-refractivity contribution >= 4 is 5.82 Å². The van der Waals surface area contributed by atoms with Crippen molar-refractivity contribution in [3.63, 3.8) is 0 Å². The van der Waals surface area contributed by atoms with Gasteiger partial charge in [-0.2, -0.15) is 18.3 Å². The van der Waals surface area contributed by atoms with Gasteiger partial charge in [-0.25, -0.2) is 9.97 Å². The number of likely N-dealkylation sites (tertiary alicyclic amines) is 1. The normalized spacial score (nSPS) is 19.1. The molecule has 7 nitrogen and oxygen atoms in total. The molecule has 0 atom stereocenters. The third-order valence-electron chi connectivity index (χ3n) is 4.89. The summed E-state index contributed by atoms with van der Waals surface area (Å²) in [5, 5.41) is 7.72. The molecule has 0 bridgehead atoms. The van der Waals surface area contributed by atoms with Crippen LogP contribution in [0.25, 0.3) is 0 Å². The van der Waals surface area contributed by atoms with Gasteiger partial charge >= 0.3 is 6.18 Å². The van der Waals surface area contributed by atoms with Crippen molar-refractivity contribution < 1.29 is 17.9 Å². The highest BCUT2D eigenvalue weighted by atomic mass is 19.4. The van der Waals surface area contributed by atoms with Crippen LogP contribution in [0.1, 0.15) is 29.9 Å². The molecule has 1 N–H and O–H groups in total. The Morgan fingerprint density at radius 3 is 2.70 bits per heavy atom. The maximum atomic E-state index is 12.7. The average Bonchev–Trinajstić information content (AvgIpc) is 3.05. The van der Waals surface area contributed by atoms with Crippen LogP contribution in [0, 0.1) is 0 Å². The molecule has 2 aromatic heterocycles. The molecule has 0 saturated carbocycles. The molecule has 2 aromatic rings. The third-order valence-corrected chi connectivity index (χ3v) is 4.89. The van der Waals surface area contributed by atoms with E-state index in [2.05, 4.69) is 31.3 Å². The highest BCUT2D eigenvalue weighted by Gasteiger charge is 2.33. The van der Waals surface area contributed by atoms with E-state index in [0.717, 1.165) is 62.8 Å². The van der Waals surface area contributed by atoms with Crippen LogP contribution in [0.15, 0.2) is 18.5 Å². The quantitative estimate of drug-likeness (QED) is 0.875. The molecule has 1 fully saturated rings. The zero-order valence-corrected chi connectivity index (χ0v) is 14.7. The molecule has 2 aliphatic heterocycles. The third kappa shape index (κ3) is 4.38. The number of fused-ring (bicyclic) bond motifs is 1. The second kappa shape index (κ2) is 7.43. The van der Waals surface area contributed by atoms with Crippen LogP contribution in [0.3, 0.4) is 0 Å². The fraction of sp³-hybridized carbons (Fsp3) is 0.588.